The molecule has 1 amide bonds. The molecule has 0 aliphatic heterocycles. The van der Waals surface area contributed by atoms with Crippen LogP contribution in [-0.2, 0) is 0 Å². The second kappa shape index (κ2) is 6.38. The van der Waals surface area contributed by atoms with E-state index < -0.39 is 16.6 Å². The Kier molecular flexibility index (Phi) is 4.35. The minimum atomic E-state index is -0.552. The van der Waals surface area contributed by atoms with E-state index in [0.717, 1.165) is 0 Å². The molecule has 0 bridgehead atoms. The van der Waals surface area contributed by atoms with E-state index in [2.05, 4.69) is 10.5 Å². The van der Waals surface area contributed by atoms with Gasteiger partial charge in [-0.2, -0.15) is 5.10 Å². The van der Waals surface area contributed by atoms with Gasteiger partial charge in [-0.05, 0) is 29.8 Å². The van der Waals surface area contributed by atoms with Crippen LogP contribution in [0.25, 0.3) is 0 Å². The van der Waals surface area contributed by atoms with Crippen molar-refractivity contribution < 1.29 is 14.1 Å². The molecule has 0 saturated carbocycles. The van der Waals surface area contributed by atoms with Gasteiger partial charge in [-0.3, -0.25) is 14.9 Å². The molecule has 2 aromatic carbocycles. The van der Waals surface area contributed by atoms with Crippen LogP contribution in [-0.4, -0.2) is 17.0 Å². The van der Waals surface area contributed by atoms with Crippen molar-refractivity contribution in [2.24, 2.45) is 5.10 Å². The van der Waals surface area contributed by atoms with Gasteiger partial charge in [0.25, 0.3) is 11.6 Å². The number of nitrogens with one attached hydrogen (secondary N) is 1. The fourth-order valence-corrected chi connectivity index (χ4v) is 1.55. The minimum absolute atomic E-state index is 0.102. The van der Waals surface area contributed by atoms with Gasteiger partial charge in [-0.1, -0.05) is 12.1 Å². The first kappa shape index (κ1) is 14.3. The monoisotopic (exact) mass is 287 g/mol. The van der Waals surface area contributed by atoms with E-state index in [-0.39, 0.29) is 11.3 Å². The molecule has 0 unspecified atom stereocenters. The van der Waals surface area contributed by atoms with E-state index in [4.69, 9.17) is 0 Å². The molecule has 21 heavy (non-hydrogen) atoms. The molecule has 1 N–H and O–H groups in total. The zero-order chi connectivity index (χ0) is 15.2. The van der Waals surface area contributed by atoms with E-state index in [0.29, 0.717) is 5.56 Å². The van der Waals surface area contributed by atoms with Gasteiger partial charge in [0.1, 0.15) is 5.82 Å². The molecule has 0 fully saturated rings. The number of hydrazone groups is 1. The van der Waals surface area contributed by atoms with Crippen LogP contribution in [0.2, 0.25) is 0 Å². The van der Waals surface area contributed by atoms with E-state index >= 15 is 0 Å². The maximum atomic E-state index is 12.9. The van der Waals surface area contributed by atoms with Gasteiger partial charge in [0.2, 0.25) is 0 Å². The lowest BCUT2D eigenvalue weighted by molar-refractivity contribution is -0.384. The van der Waals surface area contributed by atoms with Gasteiger partial charge in [0.05, 0.1) is 11.1 Å². The molecule has 2 aromatic rings. The second-order valence-corrected chi connectivity index (χ2v) is 4.06. The summed E-state index contributed by atoms with van der Waals surface area (Å²) < 4.78 is 12.9. The summed E-state index contributed by atoms with van der Waals surface area (Å²) >= 11 is 0. The van der Waals surface area contributed by atoms with Crippen molar-refractivity contribution in [2.75, 3.05) is 0 Å². The molecule has 0 spiro atoms. The Bertz CT molecular complexity index is 699. The van der Waals surface area contributed by atoms with Crippen molar-refractivity contribution in [1.82, 2.24) is 5.43 Å². The van der Waals surface area contributed by atoms with Crippen LogP contribution in [0.3, 0.4) is 0 Å². The average Bonchev–Trinajstić information content (AvgIpc) is 2.47. The zero-order valence-corrected chi connectivity index (χ0v) is 10.7. The first-order valence-corrected chi connectivity index (χ1v) is 5.90. The highest BCUT2D eigenvalue weighted by Crippen LogP contribution is 2.11. The summed E-state index contributed by atoms with van der Waals surface area (Å²) in [6.07, 6.45) is 1.30. The molecular weight excluding hydrogens is 277 g/mol. The summed E-state index contributed by atoms with van der Waals surface area (Å²) in [5.41, 5.74) is 2.88. The molecule has 106 valence electrons. The standard InChI is InChI=1S/C14H10FN3O3/c15-12-3-1-2-10(8-12)9-16-17-14(19)11-4-6-13(7-5-11)18(20)21/h1-9H,(H,17,19)/b16-9+. The third-order valence-electron chi connectivity index (χ3n) is 2.57. The Balaban J connectivity index is 2.00. The van der Waals surface area contributed by atoms with Crippen molar-refractivity contribution >= 4 is 17.8 Å². The maximum Gasteiger partial charge on any atom is 0.271 e. The van der Waals surface area contributed by atoms with Crippen molar-refractivity contribution in [3.63, 3.8) is 0 Å². The van der Waals surface area contributed by atoms with Gasteiger partial charge in [0, 0.05) is 17.7 Å². The average molecular weight is 287 g/mol. The number of nitro benzene ring substituents is 1. The molecule has 0 saturated heterocycles. The molecule has 0 aromatic heterocycles. The first-order chi connectivity index (χ1) is 10.1. The number of hydrogen-bond donors (Lipinski definition) is 1. The topological polar surface area (TPSA) is 84.6 Å². The number of amides is 1. The third-order valence-corrected chi connectivity index (χ3v) is 2.57. The SMILES string of the molecule is O=C(N/N=C/c1cccc(F)c1)c1ccc([N+](=O)[O-])cc1. The quantitative estimate of drug-likeness (QED) is 0.532. The molecule has 0 atom stereocenters. The van der Waals surface area contributed by atoms with E-state index in [1.165, 1.54) is 48.7 Å². The fourth-order valence-electron chi connectivity index (χ4n) is 1.55. The number of nitrogens with zero attached hydrogens (tertiary/aromatic N) is 2. The maximum absolute atomic E-state index is 12.9. The van der Waals surface area contributed by atoms with Crippen molar-refractivity contribution in [1.29, 1.82) is 0 Å². The Morgan fingerprint density at radius 3 is 2.57 bits per heavy atom. The lowest BCUT2D eigenvalue weighted by Crippen LogP contribution is -2.17. The van der Waals surface area contributed by atoms with Gasteiger partial charge >= 0.3 is 0 Å². The summed E-state index contributed by atoms with van der Waals surface area (Å²) in [6, 6.07) is 10.8. The van der Waals surface area contributed by atoms with Crippen molar-refractivity contribution in [3.05, 3.63) is 75.6 Å². The molecule has 2 rings (SSSR count). The highest BCUT2D eigenvalue weighted by Gasteiger charge is 2.08. The number of rotatable bonds is 4. The lowest BCUT2D eigenvalue weighted by Gasteiger charge is -1.99. The number of nitro groups is 1. The lowest BCUT2D eigenvalue weighted by atomic mass is 10.2. The molecule has 7 heteroatoms. The summed E-state index contributed by atoms with van der Waals surface area (Å²) in [6.45, 7) is 0. The smallest absolute Gasteiger partial charge is 0.267 e. The van der Waals surface area contributed by atoms with Crippen molar-refractivity contribution in [2.45, 2.75) is 0 Å². The third kappa shape index (κ3) is 3.93. The Morgan fingerprint density at radius 1 is 1.24 bits per heavy atom. The van der Waals surface area contributed by atoms with Gasteiger partial charge in [-0.15, -0.1) is 0 Å². The highest BCUT2D eigenvalue weighted by atomic mass is 19.1. The predicted octanol–water partition coefficient (Wildman–Crippen LogP) is 2.50. The predicted molar refractivity (Wildman–Crippen MR) is 74.6 cm³/mol. The normalized spacial score (nSPS) is 10.5. The number of benzene rings is 2. The first-order valence-electron chi connectivity index (χ1n) is 5.90. The summed E-state index contributed by atoms with van der Waals surface area (Å²) in [5, 5.41) is 14.2. The van der Waals surface area contributed by atoms with Crippen LogP contribution in [0.15, 0.2) is 53.6 Å². The van der Waals surface area contributed by atoms with Gasteiger partial charge < -0.3 is 0 Å². The second-order valence-electron chi connectivity index (χ2n) is 4.06. The van der Waals surface area contributed by atoms with Crippen LogP contribution in [0.5, 0.6) is 0 Å². The van der Waals surface area contributed by atoms with Crippen molar-refractivity contribution in [3.8, 4) is 0 Å². The van der Waals surface area contributed by atoms with E-state index in [1.54, 1.807) is 6.07 Å². The van der Waals surface area contributed by atoms with Crippen LogP contribution in [0.4, 0.5) is 10.1 Å². The number of halogens is 1. The Morgan fingerprint density at radius 2 is 1.95 bits per heavy atom. The number of carbonyl (C=O) groups is 1. The number of hydrogen-bond acceptors (Lipinski definition) is 4. The molecule has 0 radical (unpaired) electrons. The van der Waals surface area contributed by atoms with Crippen LogP contribution in [0.1, 0.15) is 15.9 Å². The molecule has 0 aliphatic carbocycles. The minimum Gasteiger partial charge on any atom is -0.267 e. The Hall–Kier alpha value is -3.09. The number of non-ortho nitro benzene ring substituents is 1. The molecule has 0 heterocycles. The van der Waals surface area contributed by atoms with Crippen LogP contribution in [0, 0.1) is 15.9 Å². The number of carbonyl (C=O) groups excluding carboxylic acids is 1. The van der Waals surface area contributed by atoms with Crippen LogP contribution >= 0.6 is 0 Å². The summed E-state index contributed by atoms with van der Waals surface area (Å²) in [5.74, 6) is -0.918. The van der Waals surface area contributed by atoms with Crippen LogP contribution < -0.4 is 5.43 Å². The zero-order valence-electron chi connectivity index (χ0n) is 10.7. The van der Waals surface area contributed by atoms with E-state index in [1.807, 2.05) is 0 Å². The molecule has 6 nitrogen and oxygen atoms in total. The molecule has 0 aliphatic rings. The van der Waals surface area contributed by atoms with Gasteiger partial charge in [0.15, 0.2) is 0 Å². The van der Waals surface area contributed by atoms with E-state index in [9.17, 15) is 19.3 Å². The van der Waals surface area contributed by atoms with Gasteiger partial charge in [-0.25, -0.2) is 9.82 Å². The summed E-state index contributed by atoms with van der Waals surface area (Å²) in [7, 11) is 0. The highest BCUT2D eigenvalue weighted by molar-refractivity contribution is 5.95. The molecular formula is C14H10FN3O3. The fraction of sp³-hybridized carbons (Fsp3) is 0. The largest absolute Gasteiger partial charge is 0.271 e. The Labute approximate surface area is 119 Å². The summed E-state index contributed by atoms with van der Waals surface area (Å²) in [4.78, 5) is 21.7.